The quantitative estimate of drug-likeness (QED) is 0.519. The monoisotopic (exact) mass is 496 g/mol. The van der Waals surface area contributed by atoms with Gasteiger partial charge in [-0.2, -0.15) is 0 Å². The average molecular weight is 497 g/mol. The van der Waals surface area contributed by atoms with Gasteiger partial charge in [0.2, 0.25) is 0 Å². The van der Waals surface area contributed by atoms with Crippen molar-refractivity contribution in [3.8, 4) is 5.75 Å². The second-order valence-electron chi connectivity index (χ2n) is 9.62. The summed E-state index contributed by atoms with van der Waals surface area (Å²) in [7, 11) is 1.59. The van der Waals surface area contributed by atoms with Crippen LogP contribution in [0.25, 0.3) is 0 Å². The molecule has 0 bridgehead atoms. The van der Waals surface area contributed by atoms with Crippen LogP contribution in [-0.4, -0.2) is 73.3 Å². The summed E-state index contributed by atoms with van der Waals surface area (Å²) < 4.78 is 21.9. The Bertz CT molecular complexity index is 1070. The van der Waals surface area contributed by atoms with Gasteiger partial charge in [0.15, 0.2) is 6.10 Å². The van der Waals surface area contributed by atoms with E-state index in [-0.39, 0.29) is 38.8 Å². The number of carbonyl (C=O) groups excluding carboxylic acids is 3. The van der Waals surface area contributed by atoms with Crippen LogP contribution >= 0.6 is 0 Å². The number of hydrogen-bond donors (Lipinski definition) is 0. The summed E-state index contributed by atoms with van der Waals surface area (Å²) in [4.78, 5) is 41.9. The van der Waals surface area contributed by atoms with Crippen LogP contribution in [0.5, 0.6) is 5.75 Å². The van der Waals surface area contributed by atoms with Crippen molar-refractivity contribution in [3.63, 3.8) is 0 Å². The van der Waals surface area contributed by atoms with Gasteiger partial charge in [-0.3, -0.25) is 14.5 Å². The van der Waals surface area contributed by atoms with Crippen molar-refractivity contribution in [2.24, 2.45) is 5.41 Å². The lowest BCUT2D eigenvalue weighted by Crippen LogP contribution is -2.54. The smallest absolute Gasteiger partial charge is 0.410 e. The van der Waals surface area contributed by atoms with Crippen molar-refractivity contribution >= 4 is 18.0 Å². The summed E-state index contributed by atoms with van der Waals surface area (Å²) in [6, 6.07) is 16.2. The number of carbonyl (C=O) groups is 3. The van der Waals surface area contributed by atoms with Gasteiger partial charge in [-0.25, -0.2) is 4.79 Å². The third-order valence-corrected chi connectivity index (χ3v) is 6.45. The maximum Gasteiger partial charge on any atom is 0.410 e. The summed E-state index contributed by atoms with van der Waals surface area (Å²) in [5.41, 5.74) is 0.768. The van der Waals surface area contributed by atoms with Gasteiger partial charge in [0, 0.05) is 19.6 Å². The van der Waals surface area contributed by atoms with Gasteiger partial charge in [-0.1, -0.05) is 42.5 Å². The molecule has 0 aromatic heterocycles. The third kappa shape index (κ3) is 5.79. The first-order valence-corrected chi connectivity index (χ1v) is 12.0. The van der Waals surface area contributed by atoms with Crippen LogP contribution < -0.4 is 4.74 Å². The van der Waals surface area contributed by atoms with Crippen LogP contribution in [0.4, 0.5) is 4.79 Å². The van der Waals surface area contributed by atoms with Crippen molar-refractivity contribution in [3.05, 3.63) is 65.7 Å². The number of fused-ring (bicyclic) bond motifs is 1. The number of nitrogens with zero attached hydrogens (tertiary/aromatic N) is 2. The largest absolute Gasteiger partial charge is 0.497 e. The highest BCUT2D eigenvalue weighted by molar-refractivity contribution is 5.86. The zero-order chi connectivity index (χ0) is 25.7. The Morgan fingerprint density at radius 3 is 2.36 bits per heavy atom. The molecule has 0 saturated carbocycles. The Hall–Kier alpha value is -3.59. The highest BCUT2D eigenvalue weighted by atomic mass is 16.6. The number of rotatable bonds is 8. The lowest BCUT2D eigenvalue weighted by Gasteiger charge is -2.35. The fraction of sp³-hybridized carbons (Fsp3) is 0.444. The molecule has 0 N–H and O–H groups in total. The zero-order valence-electron chi connectivity index (χ0n) is 20.8. The molecule has 9 nitrogen and oxygen atoms in total. The first kappa shape index (κ1) is 25.5. The summed E-state index contributed by atoms with van der Waals surface area (Å²) >= 11 is 0. The summed E-state index contributed by atoms with van der Waals surface area (Å²) in [6.07, 6.45) is -1.25. The van der Waals surface area contributed by atoms with E-state index in [9.17, 15) is 14.4 Å². The molecule has 36 heavy (non-hydrogen) atoms. The zero-order valence-corrected chi connectivity index (χ0v) is 20.8. The van der Waals surface area contributed by atoms with Crippen molar-refractivity contribution in [1.82, 2.24) is 9.80 Å². The molecule has 0 aliphatic carbocycles. The highest BCUT2D eigenvalue weighted by Crippen LogP contribution is 2.29. The molecule has 2 saturated heterocycles. The molecule has 2 aromatic rings. The van der Waals surface area contributed by atoms with E-state index in [1.165, 1.54) is 0 Å². The third-order valence-electron chi connectivity index (χ3n) is 6.45. The maximum atomic E-state index is 13.1. The second kappa shape index (κ2) is 11.0. The van der Waals surface area contributed by atoms with Crippen LogP contribution in [0.3, 0.4) is 0 Å². The van der Waals surface area contributed by atoms with Gasteiger partial charge in [-0.15, -0.1) is 0 Å². The van der Waals surface area contributed by atoms with E-state index in [0.717, 1.165) is 16.9 Å². The van der Waals surface area contributed by atoms with E-state index < -0.39 is 29.6 Å². The van der Waals surface area contributed by atoms with Gasteiger partial charge in [0.25, 0.3) is 5.91 Å². The number of likely N-dealkylation sites (tertiary alicyclic amines) is 1. The van der Waals surface area contributed by atoms with E-state index >= 15 is 0 Å². The number of methoxy groups -OCH3 is 1. The molecule has 2 atom stereocenters. The molecule has 2 aromatic carbocycles. The number of amides is 2. The van der Waals surface area contributed by atoms with E-state index in [4.69, 9.17) is 18.9 Å². The standard InChI is InChI=1S/C27H32N2O7/c1-27(2,25(31)35-16-20-9-11-21(33-3)12-10-20)18-28-15-22-23(24(28)30)34-14-13-29(22)26(32)36-17-19-7-5-4-6-8-19/h4-12,22-23H,13-18H2,1-3H3/t22-,23-/m1/s1. The molecule has 0 spiro atoms. The number of morpholine rings is 1. The molecular weight excluding hydrogens is 464 g/mol. The molecule has 2 fully saturated rings. The van der Waals surface area contributed by atoms with Crippen molar-refractivity contribution in [2.45, 2.75) is 39.2 Å². The molecule has 2 aliphatic heterocycles. The average Bonchev–Trinajstić information content (AvgIpc) is 3.21. The lowest BCUT2D eigenvalue weighted by molar-refractivity contribution is -0.157. The van der Waals surface area contributed by atoms with Gasteiger partial charge in [0.1, 0.15) is 19.0 Å². The lowest BCUT2D eigenvalue weighted by atomic mass is 9.93. The SMILES string of the molecule is COc1ccc(COC(=O)C(C)(C)CN2C[C@@H]3[C@@H](OCCN3C(=O)OCc3ccccc3)C2=O)cc1. The molecule has 4 rings (SSSR count). The van der Waals surface area contributed by atoms with Crippen LogP contribution in [-0.2, 0) is 37.0 Å². The predicted molar refractivity (Wildman–Crippen MR) is 130 cm³/mol. The van der Waals surface area contributed by atoms with Crippen molar-refractivity contribution in [1.29, 1.82) is 0 Å². The Labute approximate surface area is 210 Å². The van der Waals surface area contributed by atoms with Crippen LogP contribution in [0.2, 0.25) is 0 Å². The highest BCUT2D eigenvalue weighted by Gasteiger charge is 2.50. The van der Waals surface area contributed by atoms with E-state index in [0.29, 0.717) is 6.54 Å². The van der Waals surface area contributed by atoms with Gasteiger partial charge >= 0.3 is 12.1 Å². The van der Waals surface area contributed by atoms with E-state index in [1.54, 1.807) is 42.9 Å². The Morgan fingerprint density at radius 2 is 1.67 bits per heavy atom. The fourth-order valence-electron chi connectivity index (χ4n) is 4.42. The Morgan fingerprint density at radius 1 is 1.00 bits per heavy atom. The summed E-state index contributed by atoms with van der Waals surface area (Å²) in [6.45, 7) is 4.75. The molecule has 0 radical (unpaired) electrons. The Kier molecular flexibility index (Phi) is 7.79. The minimum absolute atomic E-state index is 0.121. The van der Waals surface area contributed by atoms with Crippen LogP contribution in [0.1, 0.15) is 25.0 Å². The molecule has 2 amide bonds. The predicted octanol–water partition coefficient (Wildman–Crippen LogP) is 3.01. The minimum Gasteiger partial charge on any atom is -0.497 e. The first-order chi connectivity index (χ1) is 17.3. The fourth-order valence-corrected chi connectivity index (χ4v) is 4.42. The van der Waals surface area contributed by atoms with Crippen molar-refractivity contribution < 1.29 is 33.3 Å². The van der Waals surface area contributed by atoms with Gasteiger partial charge < -0.3 is 23.8 Å². The van der Waals surface area contributed by atoms with Crippen LogP contribution in [0.15, 0.2) is 54.6 Å². The molecule has 2 aliphatic rings. The summed E-state index contributed by atoms with van der Waals surface area (Å²) in [5, 5.41) is 0. The second-order valence-corrected chi connectivity index (χ2v) is 9.62. The first-order valence-electron chi connectivity index (χ1n) is 12.0. The molecular formula is C27H32N2O7. The van der Waals surface area contributed by atoms with Gasteiger partial charge in [0.05, 0.1) is 25.2 Å². The molecule has 9 heteroatoms. The maximum absolute atomic E-state index is 13.1. The summed E-state index contributed by atoms with van der Waals surface area (Å²) in [5.74, 6) is 0.0669. The Balaban J connectivity index is 1.34. The van der Waals surface area contributed by atoms with E-state index in [2.05, 4.69) is 0 Å². The van der Waals surface area contributed by atoms with Gasteiger partial charge in [-0.05, 0) is 37.1 Å². The van der Waals surface area contributed by atoms with E-state index in [1.807, 2.05) is 42.5 Å². The molecule has 2 heterocycles. The molecule has 0 unspecified atom stereocenters. The topological polar surface area (TPSA) is 94.6 Å². The van der Waals surface area contributed by atoms with Crippen molar-refractivity contribution in [2.75, 3.05) is 33.4 Å². The normalized spacial score (nSPS) is 19.6. The number of hydrogen-bond acceptors (Lipinski definition) is 7. The number of ether oxygens (including phenoxy) is 4. The number of esters is 1. The number of benzene rings is 2. The minimum atomic E-state index is -0.950. The van der Waals surface area contributed by atoms with Crippen LogP contribution in [0, 0.1) is 5.41 Å². The molecule has 192 valence electrons.